The van der Waals surface area contributed by atoms with Crippen LogP contribution >= 0.6 is 11.3 Å². The monoisotopic (exact) mass is 236 g/mol. The van der Waals surface area contributed by atoms with Crippen LogP contribution in [0.5, 0.6) is 0 Å². The molecule has 0 aromatic carbocycles. The molecule has 2 rings (SSSR count). The van der Waals surface area contributed by atoms with Gasteiger partial charge < -0.3 is 0 Å². The molecule has 0 aliphatic heterocycles. The summed E-state index contributed by atoms with van der Waals surface area (Å²) in [5, 5.41) is 4.47. The smallest absolute Gasteiger partial charge is 0.296 e. The van der Waals surface area contributed by atoms with Gasteiger partial charge in [0.15, 0.2) is 5.82 Å². The molecule has 0 radical (unpaired) electrons. The molecule has 8 heteroatoms. The van der Waals surface area contributed by atoms with Gasteiger partial charge in [0.2, 0.25) is 0 Å². The van der Waals surface area contributed by atoms with Crippen molar-refractivity contribution in [3.8, 4) is 10.7 Å². The van der Waals surface area contributed by atoms with E-state index in [4.69, 9.17) is 0 Å². The number of aromatic nitrogens is 2. The van der Waals surface area contributed by atoms with Crippen molar-refractivity contribution >= 4 is 11.3 Å². The molecular formula is C7H3F3N2O2S. The maximum atomic E-state index is 12.4. The Balaban J connectivity index is 2.55. The van der Waals surface area contributed by atoms with Gasteiger partial charge in [0.05, 0.1) is 10.4 Å². The maximum Gasteiger partial charge on any atom is 0.439 e. The van der Waals surface area contributed by atoms with E-state index in [2.05, 4.69) is 14.7 Å². The summed E-state index contributed by atoms with van der Waals surface area (Å²) in [4.78, 5) is 12.5. The predicted molar refractivity (Wildman–Crippen MR) is 45.4 cm³/mol. The van der Waals surface area contributed by atoms with Crippen molar-refractivity contribution in [2.24, 2.45) is 0 Å². The third-order valence-electron chi connectivity index (χ3n) is 1.63. The normalized spacial score (nSPS) is 11.9. The first kappa shape index (κ1) is 9.97. The second kappa shape index (κ2) is 3.23. The summed E-state index contributed by atoms with van der Waals surface area (Å²) in [7, 11) is 0. The molecule has 4 nitrogen and oxygen atoms in total. The van der Waals surface area contributed by atoms with Gasteiger partial charge >= 0.3 is 11.9 Å². The van der Waals surface area contributed by atoms with Gasteiger partial charge in [-0.05, 0) is 11.4 Å². The van der Waals surface area contributed by atoms with E-state index in [9.17, 15) is 18.0 Å². The Kier molecular flexibility index (Phi) is 2.14. The number of thiophene rings is 1. The first-order valence-corrected chi connectivity index (χ1v) is 4.57. The second-order valence-electron chi connectivity index (χ2n) is 2.60. The third-order valence-corrected chi connectivity index (χ3v) is 2.55. The van der Waals surface area contributed by atoms with E-state index < -0.39 is 17.5 Å². The zero-order chi connectivity index (χ0) is 11.1. The van der Waals surface area contributed by atoms with Crippen LogP contribution in [0, 0.1) is 0 Å². The highest BCUT2D eigenvalue weighted by Gasteiger charge is 2.35. The molecule has 0 atom stereocenters. The van der Waals surface area contributed by atoms with Crippen molar-refractivity contribution in [2.75, 3.05) is 0 Å². The lowest BCUT2D eigenvalue weighted by Gasteiger charge is -2.04. The van der Waals surface area contributed by atoms with Gasteiger partial charge in [-0.2, -0.15) is 13.2 Å². The van der Waals surface area contributed by atoms with E-state index in [0.29, 0.717) is 0 Å². The highest BCUT2D eigenvalue weighted by Crippen LogP contribution is 2.38. The molecule has 80 valence electrons. The minimum Gasteiger partial charge on any atom is -0.296 e. The standard InChI is InChI=1S/C7H3F3N2O2S/c8-7(9,10)3-1-2-15-4(3)5-11-6(13)14-12-5/h1-2H,(H,11,12,13). The van der Waals surface area contributed by atoms with Gasteiger partial charge in [-0.3, -0.25) is 9.51 Å². The predicted octanol–water partition coefficient (Wildman–Crippen LogP) is 2.11. The van der Waals surface area contributed by atoms with Crippen LogP contribution in [0.25, 0.3) is 10.7 Å². The lowest BCUT2D eigenvalue weighted by atomic mass is 10.2. The van der Waals surface area contributed by atoms with E-state index in [0.717, 1.165) is 17.4 Å². The number of alkyl halides is 3. The summed E-state index contributed by atoms with van der Waals surface area (Å²) < 4.78 is 41.4. The molecule has 0 bridgehead atoms. The van der Waals surface area contributed by atoms with Crippen LogP contribution < -0.4 is 5.76 Å². The van der Waals surface area contributed by atoms with Crippen molar-refractivity contribution in [2.45, 2.75) is 6.18 Å². The van der Waals surface area contributed by atoms with Crippen LogP contribution in [0.15, 0.2) is 20.8 Å². The Morgan fingerprint density at radius 3 is 2.73 bits per heavy atom. The van der Waals surface area contributed by atoms with Crippen molar-refractivity contribution in [3.05, 3.63) is 27.6 Å². The first-order chi connectivity index (χ1) is 6.98. The molecular weight excluding hydrogens is 233 g/mol. The Hall–Kier alpha value is -1.57. The summed E-state index contributed by atoms with van der Waals surface area (Å²) in [5.41, 5.74) is -0.836. The van der Waals surface area contributed by atoms with Gasteiger partial charge in [0.1, 0.15) is 0 Å². The van der Waals surface area contributed by atoms with Gasteiger partial charge in [0.25, 0.3) is 0 Å². The molecule has 0 saturated carbocycles. The summed E-state index contributed by atoms with van der Waals surface area (Å²) in [6.45, 7) is 0. The van der Waals surface area contributed by atoms with Gasteiger partial charge in [-0.25, -0.2) is 4.79 Å². The molecule has 0 saturated heterocycles. The number of rotatable bonds is 1. The summed E-state index contributed by atoms with van der Waals surface area (Å²) >= 11 is 0.830. The van der Waals surface area contributed by atoms with Crippen LogP contribution in [0.4, 0.5) is 13.2 Å². The van der Waals surface area contributed by atoms with Crippen molar-refractivity contribution < 1.29 is 17.7 Å². The SMILES string of the molecule is O=c1[nH]c(-c2sccc2C(F)(F)F)no1. The average molecular weight is 236 g/mol. The Morgan fingerprint density at radius 2 is 2.20 bits per heavy atom. The van der Waals surface area contributed by atoms with E-state index >= 15 is 0 Å². The summed E-state index contributed by atoms with van der Waals surface area (Å²) in [5.74, 6) is -1.09. The first-order valence-electron chi connectivity index (χ1n) is 3.69. The number of hydrogen-bond donors (Lipinski definition) is 1. The van der Waals surface area contributed by atoms with Gasteiger partial charge in [-0.1, -0.05) is 5.16 Å². The van der Waals surface area contributed by atoms with Crippen LogP contribution in [0.1, 0.15) is 5.56 Å². The molecule has 15 heavy (non-hydrogen) atoms. The molecule has 2 heterocycles. The largest absolute Gasteiger partial charge is 0.439 e. The van der Waals surface area contributed by atoms with E-state index in [-0.39, 0.29) is 10.7 Å². The number of nitrogens with zero attached hydrogens (tertiary/aromatic N) is 1. The zero-order valence-electron chi connectivity index (χ0n) is 6.96. The van der Waals surface area contributed by atoms with Crippen molar-refractivity contribution in [3.63, 3.8) is 0 Å². The fraction of sp³-hybridized carbons (Fsp3) is 0.143. The minimum absolute atomic E-state index is 0.159. The van der Waals surface area contributed by atoms with E-state index in [1.807, 2.05) is 0 Å². The highest BCUT2D eigenvalue weighted by molar-refractivity contribution is 7.13. The lowest BCUT2D eigenvalue weighted by Crippen LogP contribution is -2.05. The Labute approximate surface area is 84.3 Å². The Morgan fingerprint density at radius 1 is 1.47 bits per heavy atom. The molecule has 1 N–H and O–H groups in total. The number of H-pyrrole nitrogens is 1. The molecule has 2 aromatic rings. The zero-order valence-corrected chi connectivity index (χ0v) is 7.78. The molecule has 2 aromatic heterocycles. The quantitative estimate of drug-likeness (QED) is 0.824. The number of halogens is 3. The average Bonchev–Trinajstić information content (AvgIpc) is 2.68. The topological polar surface area (TPSA) is 58.9 Å². The summed E-state index contributed by atoms with van der Waals surface area (Å²) in [6, 6.07) is 0.924. The second-order valence-corrected chi connectivity index (χ2v) is 3.52. The molecule has 0 fully saturated rings. The van der Waals surface area contributed by atoms with Crippen molar-refractivity contribution in [1.82, 2.24) is 10.1 Å². The Bertz CT molecular complexity index is 525. The number of nitrogens with one attached hydrogen (secondary N) is 1. The summed E-state index contributed by atoms with van der Waals surface area (Å²) in [6.07, 6.45) is -4.47. The molecule has 0 aliphatic rings. The molecule has 0 amide bonds. The van der Waals surface area contributed by atoms with E-state index in [1.165, 1.54) is 5.38 Å². The number of aromatic amines is 1. The number of hydrogen-bond acceptors (Lipinski definition) is 4. The lowest BCUT2D eigenvalue weighted by molar-refractivity contribution is -0.136. The molecule has 0 unspecified atom stereocenters. The van der Waals surface area contributed by atoms with Gasteiger partial charge in [0, 0.05) is 0 Å². The maximum absolute atomic E-state index is 12.4. The molecule has 0 spiro atoms. The van der Waals surface area contributed by atoms with Gasteiger partial charge in [-0.15, -0.1) is 11.3 Å². The molecule has 0 aliphatic carbocycles. The van der Waals surface area contributed by atoms with E-state index in [1.54, 1.807) is 0 Å². The van der Waals surface area contributed by atoms with Crippen LogP contribution in [0.3, 0.4) is 0 Å². The van der Waals surface area contributed by atoms with Crippen LogP contribution in [-0.4, -0.2) is 10.1 Å². The fourth-order valence-electron chi connectivity index (χ4n) is 1.04. The van der Waals surface area contributed by atoms with Crippen LogP contribution in [-0.2, 0) is 6.18 Å². The minimum atomic E-state index is -4.47. The fourth-order valence-corrected chi connectivity index (χ4v) is 1.89. The van der Waals surface area contributed by atoms with Crippen LogP contribution in [0.2, 0.25) is 0 Å². The third kappa shape index (κ3) is 1.80. The highest BCUT2D eigenvalue weighted by atomic mass is 32.1. The van der Waals surface area contributed by atoms with Crippen molar-refractivity contribution in [1.29, 1.82) is 0 Å².